The summed E-state index contributed by atoms with van der Waals surface area (Å²) in [5.41, 5.74) is 1.77. The Balaban J connectivity index is 1.90. The fourth-order valence-corrected chi connectivity index (χ4v) is 3.18. The highest BCUT2D eigenvalue weighted by Gasteiger charge is 2.36. The van der Waals surface area contributed by atoms with Crippen LogP contribution < -0.4 is 5.32 Å². The molecule has 0 unspecified atom stereocenters. The molecule has 2 aromatic carbocycles. The van der Waals surface area contributed by atoms with Gasteiger partial charge >= 0.3 is 0 Å². The van der Waals surface area contributed by atoms with E-state index >= 15 is 0 Å². The molecule has 3 nitrogen and oxygen atoms in total. The molecule has 1 fully saturated rings. The van der Waals surface area contributed by atoms with Gasteiger partial charge in [0.1, 0.15) is 5.82 Å². The minimum Gasteiger partial charge on any atom is -0.381 e. The van der Waals surface area contributed by atoms with Crippen LogP contribution in [0.25, 0.3) is 0 Å². The van der Waals surface area contributed by atoms with Crippen molar-refractivity contribution in [3.8, 4) is 0 Å². The molecule has 0 aromatic heterocycles. The minimum atomic E-state index is -0.555. The van der Waals surface area contributed by atoms with Crippen molar-refractivity contribution in [2.45, 2.75) is 25.3 Å². The average Bonchev–Trinajstić information content (AvgIpc) is 2.58. The molecule has 1 aliphatic rings. The molecule has 5 heteroatoms. The molecule has 1 heterocycles. The summed E-state index contributed by atoms with van der Waals surface area (Å²) in [6.07, 6.45) is 1.29. The zero-order valence-corrected chi connectivity index (χ0v) is 14.2. The Labute approximate surface area is 145 Å². The van der Waals surface area contributed by atoms with E-state index in [1.807, 2.05) is 13.0 Å². The number of ether oxygens (including phenoxy) is 1. The standard InChI is InChI=1S/C19H19ClFNO2/c1-13-2-3-14(12-17(13)20)18(23)22-19(8-10-24-11-9-19)15-4-6-16(21)7-5-15/h2-7,12H,8-11H2,1H3,(H,22,23). The molecule has 2 aromatic rings. The van der Waals surface area contributed by atoms with Gasteiger partial charge in [-0.3, -0.25) is 4.79 Å². The SMILES string of the molecule is Cc1ccc(C(=O)NC2(c3ccc(F)cc3)CCOCC2)cc1Cl. The molecule has 0 spiro atoms. The molecule has 1 N–H and O–H groups in total. The van der Waals surface area contributed by atoms with Crippen LogP contribution in [0, 0.1) is 12.7 Å². The van der Waals surface area contributed by atoms with Gasteiger partial charge in [-0.25, -0.2) is 4.39 Å². The lowest BCUT2D eigenvalue weighted by atomic mass is 9.82. The van der Waals surface area contributed by atoms with Crippen molar-refractivity contribution in [2.24, 2.45) is 0 Å². The molecule has 3 rings (SSSR count). The van der Waals surface area contributed by atoms with Crippen molar-refractivity contribution in [2.75, 3.05) is 13.2 Å². The highest BCUT2D eigenvalue weighted by atomic mass is 35.5. The number of aryl methyl sites for hydroxylation is 1. The molecule has 0 radical (unpaired) electrons. The number of benzene rings is 2. The third-order valence-electron chi connectivity index (χ3n) is 4.53. The Morgan fingerprint density at radius 2 is 1.83 bits per heavy atom. The van der Waals surface area contributed by atoms with Gasteiger partial charge in [-0.15, -0.1) is 0 Å². The molecular formula is C19H19ClFNO2. The normalized spacial score (nSPS) is 16.6. The Bertz CT molecular complexity index is 740. The van der Waals surface area contributed by atoms with E-state index in [0.29, 0.717) is 36.6 Å². The third-order valence-corrected chi connectivity index (χ3v) is 4.94. The van der Waals surface area contributed by atoms with E-state index in [1.165, 1.54) is 12.1 Å². The minimum absolute atomic E-state index is 0.192. The zero-order valence-electron chi connectivity index (χ0n) is 13.4. The van der Waals surface area contributed by atoms with Crippen LogP contribution in [0.1, 0.15) is 34.3 Å². The summed E-state index contributed by atoms with van der Waals surface area (Å²) >= 11 is 6.13. The van der Waals surface area contributed by atoms with Crippen molar-refractivity contribution in [3.63, 3.8) is 0 Å². The largest absolute Gasteiger partial charge is 0.381 e. The molecule has 1 aliphatic heterocycles. The van der Waals surface area contributed by atoms with Gasteiger partial charge in [0, 0.05) is 23.8 Å². The molecule has 0 atom stereocenters. The highest BCUT2D eigenvalue weighted by molar-refractivity contribution is 6.31. The lowest BCUT2D eigenvalue weighted by Gasteiger charge is -2.38. The zero-order chi connectivity index (χ0) is 17.2. The Morgan fingerprint density at radius 3 is 2.46 bits per heavy atom. The maximum absolute atomic E-state index is 13.3. The van der Waals surface area contributed by atoms with Crippen LogP contribution in [0.3, 0.4) is 0 Å². The summed E-state index contributed by atoms with van der Waals surface area (Å²) in [5, 5.41) is 3.69. The van der Waals surface area contributed by atoms with Gasteiger partial charge in [0.15, 0.2) is 0 Å². The molecule has 1 amide bonds. The summed E-state index contributed by atoms with van der Waals surface area (Å²) in [4.78, 5) is 12.7. The van der Waals surface area contributed by atoms with Crippen molar-refractivity contribution >= 4 is 17.5 Å². The average molecular weight is 348 g/mol. The number of rotatable bonds is 3. The van der Waals surface area contributed by atoms with E-state index in [4.69, 9.17) is 16.3 Å². The van der Waals surface area contributed by atoms with E-state index in [9.17, 15) is 9.18 Å². The molecule has 126 valence electrons. The predicted molar refractivity (Wildman–Crippen MR) is 91.8 cm³/mol. The van der Waals surface area contributed by atoms with E-state index in [1.54, 1.807) is 24.3 Å². The fourth-order valence-electron chi connectivity index (χ4n) is 3.00. The van der Waals surface area contributed by atoms with E-state index < -0.39 is 5.54 Å². The number of halogens is 2. The number of hydrogen-bond donors (Lipinski definition) is 1. The van der Waals surface area contributed by atoms with Crippen LogP contribution in [0.2, 0.25) is 5.02 Å². The summed E-state index contributed by atoms with van der Waals surface area (Å²) in [7, 11) is 0. The smallest absolute Gasteiger partial charge is 0.252 e. The summed E-state index contributed by atoms with van der Waals surface area (Å²) < 4.78 is 18.7. The first kappa shape index (κ1) is 16.9. The van der Waals surface area contributed by atoms with Crippen molar-refractivity contribution in [3.05, 3.63) is 70.0 Å². The second-order valence-corrected chi connectivity index (χ2v) is 6.53. The van der Waals surface area contributed by atoms with Crippen LogP contribution >= 0.6 is 11.6 Å². The lowest BCUT2D eigenvalue weighted by molar-refractivity contribution is 0.0345. The maximum Gasteiger partial charge on any atom is 0.252 e. The van der Waals surface area contributed by atoms with E-state index in [2.05, 4.69) is 5.32 Å². The summed E-state index contributed by atoms with van der Waals surface area (Å²) in [6, 6.07) is 11.5. The van der Waals surface area contributed by atoms with Crippen molar-refractivity contribution in [1.29, 1.82) is 0 Å². The number of hydrogen-bond acceptors (Lipinski definition) is 2. The quantitative estimate of drug-likeness (QED) is 0.902. The molecule has 0 saturated carbocycles. The Hall–Kier alpha value is -1.91. The van der Waals surface area contributed by atoms with Crippen molar-refractivity contribution in [1.82, 2.24) is 5.32 Å². The van der Waals surface area contributed by atoms with E-state index in [-0.39, 0.29) is 11.7 Å². The number of amides is 1. The van der Waals surface area contributed by atoms with Crippen LogP contribution in [-0.4, -0.2) is 19.1 Å². The topological polar surface area (TPSA) is 38.3 Å². The first-order valence-corrected chi connectivity index (χ1v) is 8.30. The van der Waals surface area contributed by atoms with Gasteiger partial charge in [0.25, 0.3) is 5.91 Å². The van der Waals surface area contributed by atoms with Crippen LogP contribution in [0.4, 0.5) is 4.39 Å². The Morgan fingerprint density at radius 1 is 1.17 bits per heavy atom. The summed E-state index contributed by atoms with van der Waals surface area (Å²) in [5.74, 6) is -0.485. The van der Waals surface area contributed by atoms with Gasteiger partial charge in [0.05, 0.1) is 5.54 Å². The van der Waals surface area contributed by atoms with Gasteiger partial charge in [-0.1, -0.05) is 29.8 Å². The predicted octanol–water partition coefficient (Wildman–Crippen LogP) is 4.22. The van der Waals surface area contributed by atoms with Gasteiger partial charge in [-0.2, -0.15) is 0 Å². The molecule has 24 heavy (non-hydrogen) atoms. The molecule has 0 bridgehead atoms. The molecule has 1 saturated heterocycles. The first-order chi connectivity index (χ1) is 11.5. The van der Waals surface area contributed by atoms with E-state index in [0.717, 1.165) is 11.1 Å². The second kappa shape index (κ2) is 6.91. The second-order valence-electron chi connectivity index (χ2n) is 6.12. The Kier molecular flexibility index (Phi) is 4.88. The number of carbonyl (C=O) groups is 1. The van der Waals surface area contributed by atoms with Crippen LogP contribution in [-0.2, 0) is 10.3 Å². The third kappa shape index (κ3) is 3.45. The highest BCUT2D eigenvalue weighted by Crippen LogP contribution is 2.33. The number of carbonyl (C=O) groups excluding carboxylic acids is 1. The van der Waals surface area contributed by atoms with Crippen LogP contribution in [0.5, 0.6) is 0 Å². The molecule has 0 aliphatic carbocycles. The van der Waals surface area contributed by atoms with Crippen LogP contribution in [0.15, 0.2) is 42.5 Å². The van der Waals surface area contributed by atoms with Gasteiger partial charge in [0.2, 0.25) is 0 Å². The lowest BCUT2D eigenvalue weighted by Crippen LogP contribution is -2.49. The fraction of sp³-hybridized carbons (Fsp3) is 0.316. The maximum atomic E-state index is 13.3. The first-order valence-electron chi connectivity index (χ1n) is 7.93. The molecular weight excluding hydrogens is 329 g/mol. The van der Waals surface area contributed by atoms with Crippen molar-refractivity contribution < 1.29 is 13.9 Å². The summed E-state index contributed by atoms with van der Waals surface area (Å²) in [6.45, 7) is 2.99. The monoisotopic (exact) mass is 347 g/mol. The van der Waals surface area contributed by atoms with Gasteiger partial charge < -0.3 is 10.1 Å². The number of nitrogens with one attached hydrogen (secondary N) is 1. The van der Waals surface area contributed by atoms with Gasteiger partial charge in [-0.05, 0) is 55.2 Å².